The number of halogens is 2. The number of benzene rings is 1. The molecular formula is C12H16BrClN2O. The largest absolute Gasteiger partial charge is 0.350 e. The van der Waals surface area contributed by atoms with Crippen molar-refractivity contribution in [1.82, 2.24) is 5.32 Å². The number of nitrogens with two attached hydrogens (primary N) is 1. The first-order valence-corrected chi connectivity index (χ1v) is 6.22. The number of nitrogens with one attached hydrogen (secondary N) is 1. The van der Waals surface area contributed by atoms with E-state index in [-0.39, 0.29) is 18.3 Å². The molecule has 1 aromatic rings. The lowest BCUT2D eigenvalue weighted by atomic mass is 9.77. The van der Waals surface area contributed by atoms with E-state index < -0.39 is 5.54 Å². The second-order valence-corrected chi connectivity index (χ2v) is 5.14. The maximum atomic E-state index is 11.8. The van der Waals surface area contributed by atoms with Gasteiger partial charge < -0.3 is 11.1 Å². The summed E-state index contributed by atoms with van der Waals surface area (Å²) in [5.74, 6) is -0.0329. The summed E-state index contributed by atoms with van der Waals surface area (Å²) in [5, 5.41) is 2.89. The van der Waals surface area contributed by atoms with Crippen LogP contribution < -0.4 is 11.1 Å². The molecular weight excluding hydrogens is 304 g/mol. The molecule has 0 radical (unpaired) electrons. The van der Waals surface area contributed by atoms with Crippen LogP contribution in [0, 0.1) is 0 Å². The van der Waals surface area contributed by atoms with Crippen molar-refractivity contribution in [3.05, 3.63) is 34.3 Å². The maximum Gasteiger partial charge on any atom is 0.240 e. The van der Waals surface area contributed by atoms with E-state index in [1.165, 1.54) is 0 Å². The van der Waals surface area contributed by atoms with Gasteiger partial charge in [0.05, 0.1) is 5.54 Å². The summed E-state index contributed by atoms with van der Waals surface area (Å²) in [6, 6.07) is 7.84. The van der Waals surface area contributed by atoms with Crippen LogP contribution in [-0.2, 0) is 11.3 Å². The highest BCUT2D eigenvalue weighted by Gasteiger charge is 2.39. The summed E-state index contributed by atoms with van der Waals surface area (Å²) in [7, 11) is 0. The van der Waals surface area contributed by atoms with Crippen LogP contribution in [0.15, 0.2) is 28.7 Å². The Balaban J connectivity index is 0.00000144. The highest BCUT2D eigenvalue weighted by Crippen LogP contribution is 2.29. The number of hydrogen-bond donors (Lipinski definition) is 2. The van der Waals surface area contributed by atoms with Gasteiger partial charge in [-0.1, -0.05) is 34.1 Å². The summed E-state index contributed by atoms with van der Waals surface area (Å²) in [6.45, 7) is 0.527. The third-order valence-electron chi connectivity index (χ3n) is 3.10. The molecule has 0 heterocycles. The number of amides is 1. The molecule has 17 heavy (non-hydrogen) atoms. The lowest BCUT2D eigenvalue weighted by Crippen LogP contribution is -2.58. The fourth-order valence-corrected chi connectivity index (χ4v) is 2.20. The number of rotatable bonds is 3. The maximum absolute atomic E-state index is 11.8. The normalized spacial score (nSPS) is 16.6. The Morgan fingerprint density at radius 1 is 1.41 bits per heavy atom. The quantitative estimate of drug-likeness (QED) is 0.898. The van der Waals surface area contributed by atoms with Crippen molar-refractivity contribution in [2.75, 3.05) is 0 Å². The average molecular weight is 320 g/mol. The van der Waals surface area contributed by atoms with Crippen LogP contribution in [0.5, 0.6) is 0 Å². The first-order valence-electron chi connectivity index (χ1n) is 5.42. The van der Waals surface area contributed by atoms with Crippen molar-refractivity contribution >= 4 is 34.2 Å². The summed E-state index contributed by atoms with van der Waals surface area (Å²) >= 11 is 3.45. The monoisotopic (exact) mass is 318 g/mol. The molecule has 0 atom stereocenters. The molecule has 1 saturated carbocycles. The lowest BCUT2D eigenvalue weighted by molar-refractivity contribution is -0.129. The third kappa shape index (κ3) is 3.21. The second-order valence-electron chi connectivity index (χ2n) is 4.28. The van der Waals surface area contributed by atoms with Crippen molar-refractivity contribution < 1.29 is 4.79 Å². The second kappa shape index (κ2) is 5.85. The third-order valence-corrected chi connectivity index (χ3v) is 3.87. The van der Waals surface area contributed by atoms with Gasteiger partial charge in [-0.2, -0.15) is 0 Å². The molecule has 3 nitrogen and oxygen atoms in total. The van der Waals surface area contributed by atoms with Gasteiger partial charge in [0.15, 0.2) is 0 Å². The van der Waals surface area contributed by atoms with E-state index in [4.69, 9.17) is 5.73 Å². The number of carbonyl (C=O) groups is 1. The molecule has 0 aromatic heterocycles. The predicted octanol–water partition coefficient (Wildman–Crippen LogP) is 2.37. The van der Waals surface area contributed by atoms with E-state index in [1.54, 1.807) is 0 Å². The smallest absolute Gasteiger partial charge is 0.240 e. The summed E-state index contributed by atoms with van der Waals surface area (Å²) in [6.07, 6.45) is 2.66. The van der Waals surface area contributed by atoms with Crippen molar-refractivity contribution in [2.24, 2.45) is 5.73 Å². The predicted molar refractivity (Wildman–Crippen MR) is 74.0 cm³/mol. The molecule has 0 bridgehead atoms. The zero-order chi connectivity index (χ0) is 11.6. The van der Waals surface area contributed by atoms with Crippen LogP contribution in [0.4, 0.5) is 0 Å². The van der Waals surface area contributed by atoms with Gasteiger partial charge in [-0.3, -0.25) is 4.79 Å². The molecule has 1 aromatic carbocycles. The molecule has 3 N–H and O–H groups in total. The zero-order valence-corrected chi connectivity index (χ0v) is 11.8. The van der Waals surface area contributed by atoms with Crippen molar-refractivity contribution in [1.29, 1.82) is 0 Å². The Hall–Kier alpha value is -0.580. The van der Waals surface area contributed by atoms with Crippen molar-refractivity contribution in [2.45, 2.75) is 31.3 Å². The minimum atomic E-state index is -0.610. The standard InChI is InChI=1S/C12H15BrN2O.ClH/c13-10-5-2-1-4-9(10)8-15-11(16)12(14)6-3-7-12;/h1-2,4-5H,3,6-8,14H2,(H,15,16);1H. The van der Waals surface area contributed by atoms with Gasteiger partial charge in [0.2, 0.25) is 5.91 Å². The van der Waals surface area contributed by atoms with Crippen LogP contribution >= 0.6 is 28.3 Å². The molecule has 1 amide bonds. The molecule has 0 aliphatic heterocycles. The van der Waals surface area contributed by atoms with Crippen LogP contribution in [0.25, 0.3) is 0 Å². The fraction of sp³-hybridized carbons (Fsp3) is 0.417. The van der Waals surface area contributed by atoms with Gasteiger partial charge in [0.25, 0.3) is 0 Å². The van der Waals surface area contributed by atoms with Crippen LogP contribution in [0.2, 0.25) is 0 Å². The number of hydrogen-bond acceptors (Lipinski definition) is 2. The zero-order valence-electron chi connectivity index (χ0n) is 9.41. The van der Waals surface area contributed by atoms with Gasteiger partial charge in [0.1, 0.15) is 0 Å². The molecule has 0 saturated heterocycles. The summed E-state index contributed by atoms with van der Waals surface area (Å²) in [4.78, 5) is 11.8. The molecule has 0 spiro atoms. The van der Waals surface area contributed by atoms with Gasteiger partial charge >= 0.3 is 0 Å². The Bertz CT molecular complexity index is 407. The topological polar surface area (TPSA) is 55.1 Å². The molecule has 2 rings (SSSR count). The minimum Gasteiger partial charge on any atom is -0.350 e. The Kier molecular flexibility index (Phi) is 4.98. The fourth-order valence-electron chi connectivity index (χ4n) is 1.78. The summed E-state index contributed by atoms with van der Waals surface area (Å²) < 4.78 is 1.01. The molecule has 94 valence electrons. The molecule has 1 aliphatic rings. The first-order chi connectivity index (χ1) is 7.62. The van der Waals surface area contributed by atoms with Gasteiger partial charge in [0, 0.05) is 11.0 Å². The van der Waals surface area contributed by atoms with E-state index in [9.17, 15) is 4.79 Å². The van der Waals surface area contributed by atoms with Crippen molar-refractivity contribution in [3.63, 3.8) is 0 Å². The van der Waals surface area contributed by atoms with E-state index in [0.29, 0.717) is 6.54 Å². The minimum absolute atomic E-state index is 0. The SMILES string of the molecule is Cl.NC1(C(=O)NCc2ccccc2Br)CCC1. The van der Waals surface area contributed by atoms with E-state index in [2.05, 4.69) is 21.2 Å². The Morgan fingerprint density at radius 3 is 2.59 bits per heavy atom. The van der Waals surface area contributed by atoms with Gasteiger partial charge in [-0.25, -0.2) is 0 Å². The molecule has 1 aliphatic carbocycles. The van der Waals surface area contributed by atoms with Crippen LogP contribution in [0.3, 0.4) is 0 Å². The average Bonchev–Trinajstić information content (AvgIpc) is 2.24. The number of carbonyl (C=O) groups excluding carboxylic acids is 1. The Morgan fingerprint density at radius 2 is 2.06 bits per heavy atom. The highest BCUT2D eigenvalue weighted by molar-refractivity contribution is 9.10. The van der Waals surface area contributed by atoms with Crippen LogP contribution in [0.1, 0.15) is 24.8 Å². The Labute approximate surface area is 116 Å². The summed E-state index contributed by atoms with van der Waals surface area (Å²) in [5.41, 5.74) is 6.38. The highest BCUT2D eigenvalue weighted by atomic mass is 79.9. The molecule has 0 unspecified atom stereocenters. The first kappa shape index (κ1) is 14.5. The van der Waals surface area contributed by atoms with Crippen LogP contribution in [-0.4, -0.2) is 11.4 Å². The van der Waals surface area contributed by atoms with E-state index in [0.717, 1.165) is 29.3 Å². The molecule has 1 fully saturated rings. The van der Waals surface area contributed by atoms with Crippen molar-refractivity contribution in [3.8, 4) is 0 Å². The van der Waals surface area contributed by atoms with Gasteiger partial charge in [-0.05, 0) is 30.9 Å². The van der Waals surface area contributed by atoms with Gasteiger partial charge in [-0.15, -0.1) is 12.4 Å². The van der Waals surface area contributed by atoms with E-state index in [1.807, 2.05) is 24.3 Å². The van der Waals surface area contributed by atoms with E-state index >= 15 is 0 Å². The molecule has 5 heteroatoms. The lowest BCUT2D eigenvalue weighted by Gasteiger charge is -2.36.